The van der Waals surface area contributed by atoms with Gasteiger partial charge in [0.1, 0.15) is 0 Å². The fourth-order valence-corrected chi connectivity index (χ4v) is 2.19. The van der Waals surface area contributed by atoms with Gasteiger partial charge in [0, 0.05) is 11.6 Å². The molecule has 0 saturated heterocycles. The molecule has 23 heavy (non-hydrogen) atoms. The summed E-state index contributed by atoms with van der Waals surface area (Å²) in [6, 6.07) is 9.86. The molecule has 2 aromatic rings. The van der Waals surface area contributed by atoms with Crippen LogP contribution in [0.15, 0.2) is 42.5 Å². The molecule has 0 aromatic heterocycles. The van der Waals surface area contributed by atoms with Crippen molar-refractivity contribution in [1.29, 1.82) is 0 Å². The Labute approximate surface area is 130 Å². The highest BCUT2D eigenvalue weighted by Crippen LogP contribution is 2.38. The van der Waals surface area contributed by atoms with E-state index < -0.39 is 27.2 Å². The fourth-order valence-electron chi connectivity index (χ4n) is 2.19. The number of carbonyl (C=O) groups is 1. The number of hydrogen-bond acceptors (Lipinski definition) is 6. The number of esters is 1. The maximum absolute atomic E-state index is 12.0. The van der Waals surface area contributed by atoms with Crippen LogP contribution in [-0.4, -0.2) is 22.4 Å². The zero-order valence-corrected chi connectivity index (χ0v) is 12.1. The third kappa shape index (κ3) is 3.15. The van der Waals surface area contributed by atoms with Crippen LogP contribution >= 0.6 is 0 Å². The number of nitro benzene ring substituents is 2. The number of carbonyl (C=O) groups excluding carboxylic acids is 1. The Kier molecular flexibility index (Phi) is 4.65. The lowest BCUT2D eigenvalue weighted by Gasteiger charge is -2.09. The van der Waals surface area contributed by atoms with Gasteiger partial charge in [-0.2, -0.15) is 0 Å². The number of benzene rings is 2. The molecule has 0 fully saturated rings. The van der Waals surface area contributed by atoms with Crippen molar-refractivity contribution < 1.29 is 19.4 Å². The molecular formula is C15H12N2O6. The fraction of sp³-hybridized carbons (Fsp3) is 0.133. The van der Waals surface area contributed by atoms with Crippen molar-refractivity contribution in [2.45, 2.75) is 6.92 Å². The molecular weight excluding hydrogens is 304 g/mol. The highest BCUT2D eigenvalue weighted by Gasteiger charge is 2.30. The smallest absolute Gasteiger partial charge is 0.353 e. The molecule has 0 N–H and O–H groups in total. The van der Waals surface area contributed by atoms with Crippen LogP contribution in [0.2, 0.25) is 0 Å². The van der Waals surface area contributed by atoms with Gasteiger partial charge in [-0.05, 0) is 19.1 Å². The minimum atomic E-state index is -0.825. The molecule has 2 aromatic carbocycles. The topological polar surface area (TPSA) is 113 Å². The quantitative estimate of drug-likeness (QED) is 0.475. The van der Waals surface area contributed by atoms with Gasteiger partial charge in [-0.25, -0.2) is 4.79 Å². The van der Waals surface area contributed by atoms with Crippen molar-refractivity contribution in [2.75, 3.05) is 6.61 Å². The summed E-state index contributed by atoms with van der Waals surface area (Å²) in [5.41, 5.74) is -0.979. The molecule has 0 aliphatic rings. The van der Waals surface area contributed by atoms with Crippen LogP contribution < -0.4 is 0 Å². The van der Waals surface area contributed by atoms with Crippen molar-refractivity contribution in [3.63, 3.8) is 0 Å². The van der Waals surface area contributed by atoms with Crippen LogP contribution in [0.25, 0.3) is 11.1 Å². The first-order chi connectivity index (χ1) is 11.0. The van der Waals surface area contributed by atoms with E-state index in [4.69, 9.17) is 4.74 Å². The Morgan fingerprint density at radius 3 is 2.26 bits per heavy atom. The van der Waals surface area contributed by atoms with Gasteiger partial charge in [-0.1, -0.05) is 24.3 Å². The van der Waals surface area contributed by atoms with Crippen molar-refractivity contribution in [3.8, 4) is 11.1 Å². The minimum absolute atomic E-state index is 0.00662. The van der Waals surface area contributed by atoms with Gasteiger partial charge in [-0.3, -0.25) is 20.2 Å². The number of rotatable bonds is 5. The molecule has 8 nitrogen and oxygen atoms in total. The Hall–Kier alpha value is -3.29. The molecule has 0 radical (unpaired) electrons. The third-order valence-electron chi connectivity index (χ3n) is 3.11. The van der Waals surface area contributed by atoms with Crippen molar-refractivity contribution >= 4 is 17.3 Å². The number of nitrogens with zero attached hydrogens (tertiary/aromatic N) is 2. The second-order valence-corrected chi connectivity index (χ2v) is 4.45. The van der Waals surface area contributed by atoms with Gasteiger partial charge in [0.25, 0.3) is 0 Å². The molecule has 0 spiro atoms. The van der Waals surface area contributed by atoms with E-state index >= 15 is 0 Å². The van der Waals surface area contributed by atoms with Crippen molar-refractivity contribution in [2.24, 2.45) is 0 Å². The van der Waals surface area contributed by atoms with Crippen LogP contribution in [0.4, 0.5) is 11.4 Å². The molecule has 0 aliphatic heterocycles. The minimum Gasteiger partial charge on any atom is -0.462 e. The van der Waals surface area contributed by atoms with E-state index in [9.17, 15) is 25.0 Å². The Bertz CT molecular complexity index is 787. The number of ether oxygens (including phenoxy) is 1. The Morgan fingerprint density at radius 2 is 1.65 bits per heavy atom. The Morgan fingerprint density at radius 1 is 1.00 bits per heavy atom. The summed E-state index contributed by atoms with van der Waals surface area (Å²) in [6.07, 6.45) is 0. The number of nitro groups is 2. The summed E-state index contributed by atoms with van der Waals surface area (Å²) in [5, 5.41) is 22.4. The first kappa shape index (κ1) is 16.1. The van der Waals surface area contributed by atoms with E-state index in [0.717, 1.165) is 6.07 Å². The lowest BCUT2D eigenvalue weighted by Crippen LogP contribution is -2.07. The van der Waals surface area contributed by atoms with E-state index in [1.54, 1.807) is 19.1 Å². The van der Waals surface area contributed by atoms with Gasteiger partial charge in [0.05, 0.1) is 27.6 Å². The summed E-state index contributed by atoms with van der Waals surface area (Å²) in [5.74, 6) is -0.649. The van der Waals surface area contributed by atoms with Gasteiger partial charge < -0.3 is 4.74 Å². The van der Waals surface area contributed by atoms with E-state index in [1.165, 1.54) is 24.3 Å². The summed E-state index contributed by atoms with van der Waals surface area (Å²) < 4.78 is 4.93. The van der Waals surface area contributed by atoms with Gasteiger partial charge in [0.2, 0.25) is 0 Å². The monoisotopic (exact) mass is 316 g/mol. The van der Waals surface area contributed by atoms with E-state index in [0.29, 0.717) is 0 Å². The highest BCUT2D eigenvalue weighted by molar-refractivity contribution is 5.99. The molecule has 0 unspecified atom stereocenters. The molecule has 0 saturated carbocycles. The van der Waals surface area contributed by atoms with Crippen LogP contribution in [0.1, 0.15) is 17.3 Å². The molecule has 0 atom stereocenters. The van der Waals surface area contributed by atoms with E-state index in [2.05, 4.69) is 0 Å². The van der Waals surface area contributed by atoms with Crippen LogP contribution in [0.3, 0.4) is 0 Å². The number of para-hydroxylation sites is 1. The largest absolute Gasteiger partial charge is 0.462 e. The second kappa shape index (κ2) is 6.65. The molecule has 2 rings (SSSR count). The maximum atomic E-state index is 12.0. The number of hydrogen-bond donors (Lipinski definition) is 0. The highest BCUT2D eigenvalue weighted by atomic mass is 16.6. The molecule has 0 heterocycles. The van der Waals surface area contributed by atoms with Gasteiger partial charge in [-0.15, -0.1) is 0 Å². The summed E-state index contributed by atoms with van der Waals surface area (Å²) in [4.78, 5) is 32.7. The molecule has 0 bridgehead atoms. The van der Waals surface area contributed by atoms with Crippen LogP contribution in [-0.2, 0) is 4.74 Å². The van der Waals surface area contributed by atoms with Gasteiger partial charge >= 0.3 is 17.3 Å². The van der Waals surface area contributed by atoms with Crippen molar-refractivity contribution in [3.05, 3.63) is 68.3 Å². The molecule has 118 valence electrons. The van der Waals surface area contributed by atoms with E-state index in [1.807, 2.05) is 0 Å². The molecule has 8 heteroatoms. The average molecular weight is 316 g/mol. The van der Waals surface area contributed by atoms with E-state index in [-0.39, 0.29) is 23.3 Å². The SMILES string of the molecule is CCOC(=O)c1ccccc1-c1cccc([N+](=O)[O-])c1[N+](=O)[O-]. The summed E-state index contributed by atoms with van der Waals surface area (Å²) in [7, 11) is 0. The average Bonchev–Trinajstić information content (AvgIpc) is 2.54. The van der Waals surface area contributed by atoms with Crippen LogP contribution in [0.5, 0.6) is 0 Å². The molecule has 0 aliphatic carbocycles. The van der Waals surface area contributed by atoms with Crippen LogP contribution in [0, 0.1) is 20.2 Å². The van der Waals surface area contributed by atoms with Gasteiger partial charge in [0.15, 0.2) is 0 Å². The normalized spacial score (nSPS) is 10.1. The summed E-state index contributed by atoms with van der Waals surface area (Å²) >= 11 is 0. The predicted octanol–water partition coefficient (Wildman–Crippen LogP) is 3.35. The predicted molar refractivity (Wildman–Crippen MR) is 81.1 cm³/mol. The van der Waals surface area contributed by atoms with Crippen molar-refractivity contribution in [1.82, 2.24) is 0 Å². The zero-order chi connectivity index (χ0) is 17.0. The lowest BCUT2D eigenvalue weighted by molar-refractivity contribution is -0.422. The first-order valence-corrected chi connectivity index (χ1v) is 6.65. The summed E-state index contributed by atoms with van der Waals surface area (Å²) in [6.45, 7) is 1.78. The zero-order valence-electron chi connectivity index (χ0n) is 12.1. The lowest BCUT2D eigenvalue weighted by atomic mass is 9.97. The maximum Gasteiger partial charge on any atom is 0.353 e. The molecule has 0 amide bonds. The second-order valence-electron chi connectivity index (χ2n) is 4.45. The Balaban J connectivity index is 2.73. The first-order valence-electron chi connectivity index (χ1n) is 6.65. The standard InChI is InChI=1S/C15H12N2O6/c1-2-23-15(18)12-7-4-3-6-10(12)11-8-5-9-13(16(19)20)14(11)17(21)22/h3-9H,2H2,1H3. The third-order valence-corrected chi connectivity index (χ3v) is 3.11.